The van der Waals surface area contributed by atoms with E-state index in [0.717, 1.165) is 31.9 Å². The zero-order valence-electron chi connectivity index (χ0n) is 9.94. The highest BCUT2D eigenvalue weighted by Gasteiger charge is 2.22. The van der Waals surface area contributed by atoms with E-state index in [0.29, 0.717) is 6.10 Å². The molecule has 1 atom stereocenters. The highest BCUT2D eigenvalue weighted by Crippen LogP contribution is 2.18. The van der Waals surface area contributed by atoms with Crippen molar-refractivity contribution in [2.45, 2.75) is 19.1 Å². The summed E-state index contributed by atoms with van der Waals surface area (Å²) in [5, 5.41) is 3.13. The second-order valence-corrected chi connectivity index (χ2v) is 4.14. The van der Waals surface area contributed by atoms with E-state index < -0.39 is 0 Å². The third-order valence-corrected chi connectivity index (χ3v) is 3.08. The van der Waals surface area contributed by atoms with Crippen molar-refractivity contribution in [3.63, 3.8) is 0 Å². The van der Waals surface area contributed by atoms with Gasteiger partial charge in [0, 0.05) is 45.6 Å². The molecule has 1 N–H and O–H groups in total. The first kappa shape index (κ1) is 11.4. The molecule has 1 aromatic rings. The molecule has 0 saturated carbocycles. The second kappa shape index (κ2) is 5.27. The molecule has 16 heavy (non-hydrogen) atoms. The van der Waals surface area contributed by atoms with E-state index in [9.17, 15) is 0 Å². The van der Waals surface area contributed by atoms with Crippen LogP contribution in [0.1, 0.15) is 12.0 Å². The second-order valence-electron chi connectivity index (χ2n) is 4.14. The Bertz CT molecular complexity index is 343. The van der Waals surface area contributed by atoms with Crippen molar-refractivity contribution >= 4 is 5.82 Å². The molecule has 4 heteroatoms. The first-order valence-electron chi connectivity index (χ1n) is 5.70. The zero-order valence-corrected chi connectivity index (χ0v) is 9.94. The first-order chi connectivity index (χ1) is 7.83. The number of aromatic nitrogens is 1. The Balaban J connectivity index is 1.99. The average Bonchev–Trinajstić information content (AvgIpc) is 2.77. The third-order valence-electron chi connectivity index (χ3n) is 3.08. The molecule has 1 saturated heterocycles. The summed E-state index contributed by atoms with van der Waals surface area (Å²) < 4.78 is 5.36. The summed E-state index contributed by atoms with van der Waals surface area (Å²) in [6, 6.07) is 4.11. The monoisotopic (exact) mass is 221 g/mol. The van der Waals surface area contributed by atoms with Gasteiger partial charge in [0.25, 0.3) is 0 Å². The summed E-state index contributed by atoms with van der Waals surface area (Å²) >= 11 is 0. The molecule has 0 aromatic carbocycles. The maximum Gasteiger partial charge on any atom is 0.130 e. The number of anilines is 1. The minimum absolute atomic E-state index is 0.398. The molecule has 1 aliphatic heterocycles. The maximum atomic E-state index is 5.36. The van der Waals surface area contributed by atoms with Gasteiger partial charge in [0.15, 0.2) is 0 Å². The predicted octanol–water partition coefficient (Wildman–Crippen LogP) is 1.34. The number of likely N-dealkylation sites (tertiary alicyclic amines) is 1. The molecule has 88 valence electrons. The number of hydrogen-bond acceptors (Lipinski definition) is 4. The van der Waals surface area contributed by atoms with E-state index in [1.165, 1.54) is 5.56 Å². The summed E-state index contributed by atoms with van der Waals surface area (Å²) in [5.41, 5.74) is 1.25. The van der Waals surface area contributed by atoms with Crippen LogP contribution in [0.5, 0.6) is 0 Å². The molecule has 2 rings (SSSR count). The van der Waals surface area contributed by atoms with Crippen LogP contribution in [-0.2, 0) is 11.3 Å². The van der Waals surface area contributed by atoms with E-state index in [2.05, 4.69) is 21.3 Å². The quantitative estimate of drug-likeness (QED) is 0.832. The van der Waals surface area contributed by atoms with E-state index in [-0.39, 0.29) is 0 Å². The van der Waals surface area contributed by atoms with Gasteiger partial charge in [-0.15, -0.1) is 0 Å². The number of ether oxygens (including phenoxy) is 1. The number of nitrogens with one attached hydrogen (secondary N) is 1. The third kappa shape index (κ3) is 2.51. The lowest BCUT2D eigenvalue weighted by atomic mass is 10.2. The summed E-state index contributed by atoms with van der Waals surface area (Å²) in [6.07, 6.45) is 3.35. The van der Waals surface area contributed by atoms with Crippen LogP contribution in [-0.4, -0.2) is 43.2 Å². The maximum absolute atomic E-state index is 5.36. The Hall–Kier alpha value is -1.13. The minimum Gasteiger partial charge on any atom is -0.380 e. The van der Waals surface area contributed by atoms with Gasteiger partial charge in [-0.3, -0.25) is 4.90 Å². The van der Waals surface area contributed by atoms with Crippen LogP contribution in [0.4, 0.5) is 5.82 Å². The van der Waals surface area contributed by atoms with E-state index >= 15 is 0 Å². The summed E-state index contributed by atoms with van der Waals surface area (Å²) in [6.45, 7) is 3.08. The van der Waals surface area contributed by atoms with Crippen LogP contribution >= 0.6 is 0 Å². The lowest BCUT2D eigenvalue weighted by Gasteiger charge is -2.17. The highest BCUT2D eigenvalue weighted by atomic mass is 16.5. The average molecular weight is 221 g/mol. The Labute approximate surface area is 96.6 Å². The molecular weight excluding hydrogens is 202 g/mol. The summed E-state index contributed by atoms with van der Waals surface area (Å²) in [5.74, 6) is 0.975. The van der Waals surface area contributed by atoms with Gasteiger partial charge in [-0.2, -0.15) is 0 Å². The molecule has 0 spiro atoms. The lowest BCUT2D eigenvalue weighted by molar-refractivity contribution is 0.107. The Morgan fingerprint density at radius 2 is 2.50 bits per heavy atom. The van der Waals surface area contributed by atoms with Crippen LogP contribution < -0.4 is 5.32 Å². The standard InChI is InChI=1S/C12H19N3O/c1-13-12-10(4-3-6-14-12)8-15-7-5-11(9-15)16-2/h3-4,6,11H,5,7-9H2,1-2H3,(H,13,14). The SMILES string of the molecule is CNc1ncccc1CN1CCC(OC)C1. The van der Waals surface area contributed by atoms with E-state index in [4.69, 9.17) is 4.74 Å². The van der Waals surface area contributed by atoms with Crippen molar-refractivity contribution < 1.29 is 4.74 Å². The van der Waals surface area contributed by atoms with Gasteiger partial charge in [-0.05, 0) is 12.5 Å². The van der Waals surface area contributed by atoms with Crippen molar-refractivity contribution in [1.82, 2.24) is 9.88 Å². The fourth-order valence-corrected chi connectivity index (χ4v) is 2.17. The minimum atomic E-state index is 0.398. The molecule has 0 bridgehead atoms. The molecule has 4 nitrogen and oxygen atoms in total. The molecule has 1 unspecified atom stereocenters. The zero-order chi connectivity index (χ0) is 11.4. The van der Waals surface area contributed by atoms with Gasteiger partial charge in [0.1, 0.15) is 5.82 Å². The molecule has 0 amide bonds. The Morgan fingerprint density at radius 1 is 1.62 bits per heavy atom. The van der Waals surface area contributed by atoms with Crippen molar-refractivity contribution in [2.75, 3.05) is 32.6 Å². The van der Waals surface area contributed by atoms with Crippen LogP contribution in [0.25, 0.3) is 0 Å². The van der Waals surface area contributed by atoms with Gasteiger partial charge in [-0.1, -0.05) is 6.07 Å². The van der Waals surface area contributed by atoms with Crippen molar-refractivity contribution in [2.24, 2.45) is 0 Å². The van der Waals surface area contributed by atoms with Crippen molar-refractivity contribution in [3.8, 4) is 0 Å². The molecular formula is C12H19N3O. The number of methoxy groups -OCH3 is 1. The van der Waals surface area contributed by atoms with Gasteiger partial charge in [0.05, 0.1) is 6.10 Å². The Morgan fingerprint density at radius 3 is 3.19 bits per heavy atom. The normalized spacial score (nSPS) is 21.2. The van der Waals surface area contributed by atoms with Crippen LogP contribution in [0.15, 0.2) is 18.3 Å². The number of hydrogen-bond donors (Lipinski definition) is 1. The number of nitrogens with zero attached hydrogens (tertiary/aromatic N) is 2. The van der Waals surface area contributed by atoms with Crippen LogP contribution in [0.3, 0.4) is 0 Å². The van der Waals surface area contributed by atoms with Gasteiger partial charge in [-0.25, -0.2) is 4.98 Å². The topological polar surface area (TPSA) is 37.4 Å². The first-order valence-corrected chi connectivity index (χ1v) is 5.70. The molecule has 1 aromatic heterocycles. The molecule has 0 aliphatic carbocycles. The predicted molar refractivity (Wildman–Crippen MR) is 64.5 cm³/mol. The Kier molecular flexibility index (Phi) is 3.74. The van der Waals surface area contributed by atoms with Crippen molar-refractivity contribution in [3.05, 3.63) is 23.9 Å². The summed E-state index contributed by atoms with van der Waals surface area (Å²) in [4.78, 5) is 6.72. The van der Waals surface area contributed by atoms with E-state index in [1.807, 2.05) is 19.3 Å². The molecule has 0 radical (unpaired) electrons. The smallest absolute Gasteiger partial charge is 0.130 e. The van der Waals surface area contributed by atoms with Crippen LogP contribution in [0, 0.1) is 0 Å². The lowest BCUT2D eigenvalue weighted by Crippen LogP contribution is -2.23. The fraction of sp³-hybridized carbons (Fsp3) is 0.583. The number of rotatable bonds is 4. The largest absolute Gasteiger partial charge is 0.380 e. The number of pyridine rings is 1. The van der Waals surface area contributed by atoms with Gasteiger partial charge < -0.3 is 10.1 Å². The van der Waals surface area contributed by atoms with Gasteiger partial charge >= 0.3 is 0 Å². The van der Waals surface area contributed by atoms with E-state index in [1.54, 1.807) is 7.11 Å². The molecule has 2 heterocycles. The molecule has 1 aliphatic rings. The van der Waals surface area contributed by atoms with Crippen molar-refractivity contribution in [1.29, 1.82) is 0 Å². The fourth-order valence-electron chi connectivity index (χ4n) is 2.17. The molecule has 1 fully saturated rings. The summed E-state index contributed by atoms with van der Waals surface area (Å²) in [7, 11) is 3.70. The van der Waals surface area contributed by atoms with Gasteiger partial charge in [0.2, 0.25) is 0 Å². The van der Waals surface area contributed by atoms with Crippen LogP contribution in [0.2, 0.25) is 0 Å². The highest BCUT2D eigenvalue weighted by molar-refractivity contribution is 5.42.